The van der Waals surface area contributed by atoms with Crippen molar-refractivity contribution in [1.82, 2.24) is 0 Å². The van der Waals surface area contributed by atoms with Gasteiger partial charge < -0.3 is 5.11 Å². The molecule has 0 saturated heterocycles. The average Bonchev–Trinajstić information content (AvgIpc) is 2.71. The topological polar surface area (TPSA) is 20.2 Å². The maximum absolute atomic E-state index is 9.08. The summed E-state index contributed by atoms with van der Waals surface area (Å²) < 4.78 is 2.17. The van der Waals surface area contributed by atoms with Gasteiger partial charge >= 0.3 is 0 Å². The third kappa shape index (κ3) is 1.79. The Balaban J connectivity index is 2.04. The zero-order chi connectivity index (χ0) is 8.60. The van der Waals surface area contributed by atoms with Crippen molar-refractivity contribution in [3.05, 3.63) is 16.5 Å². The third-order valence-corrected chi connectivity index (χ3v) is 4.79. The molecule has 0 spiro atoms. The molecule has 12 heavy (non-hydrogen) atoms. The first-order valence-corrected chi connectivity index (χ1v) is 5.80. The van der Waals surface area contributed by atoms with Crippen molar-refractivity contribution in [3.8, 4) is 0 Å². The van der Waals surface area contributed by atoms with Crippen molar-refractivity contribution in [2.75, 3.05) is 6.61 Å². The first-order valence-electron chi connectivity index (χ1n) is 3.79. The first kappa shape index (κ1) is 8.88. The van der Waals surface area contributed by atoms with E-state index in [1.165, 1.54) is 4.21 Å². The highest BCUT2D eigenvalue weighted by molar-refractivity contribution is 8.02. The molecule has 0 aromatic carbocycles. The molecule has 4 heteroatoms. The Hall–Kier alpha value is 0.300. The van der Waals surface area contributed by atoms with Gasteiger partial charge in [-0.05, 0) is 25.0 Å². The molecule has 1 saturated carbocycles. The Morgan fingerprint density at radius 3 is 2.75 bits per heavy atom. The molecule has 0 unspecified atom stereocenters. The van der Waals surface area contributed by atoms with Crippen molar-refractivity contribution >= 4 is 34.7 Å². The summed E-state index contributed by atoms with van der Waals surface area (Å²) in [6.45, 7) is 0.285. The van der Waals surface area contributed by atoms with Gasteiger partial charge in [0, 0.05) is 4.75 Å². The van der Waals surface area contributed by atoms with E-state index in [4.69, 9.17) is 16.7 Å². The van der Waals surface area contributed by atoms with Crippen molar-refractivity contribution in [1.29, 1.82) is 0 Å². The molecule has 0 amide bonds. The highest BCUT2D eigenvalue weighted by Gasteiger charge is 2.43. The van der Waals surface area contributed by atoms with Gasteiger partial charge in [-0.15, -0.1) is 23.1 Å². The lowest BCUT2D eigenvalue weighted by atomic mass is 10.5. The molecule has 0 aliphatic heterocycles. The van der Waals surface area contributed by atoms with Crippen LogP contribution in [0.4, 0.5) is 0 Å². The fourth-order valence-corrected chi connectivity index (χ4v) is 3.81. The van der Waals surface area contributed by atoms with E-state index >= 15 is 0 Å². The second kappa shape index (κ2) is 3.22. The number of thioether (sulfide) groups is 1. The van der Waals surface area contributed by atoms with Crippen molar-refractivity contribution < 1.29 is 5.11 Å². The quantitative estimate of drug-likeness (QED) is 0.845. The Morgan fingerprint density at radius 2 is 2.33 bits per heavy atom. The Kier molecular flexibility index (Phi) is 2.38. The van der Waals surface area contributed by atoms with E-state index in [-0.39, 0.29) is 11.4 Å². The van der Waals surface area contributed by atoms with Crippen LogP contribution in [-0.4, -0.2) is 16.5 Å². The molecule has 1 aromatic heterocycles. The molecule has 66 valence electrons. The number of hydrogen-bond donors (Lipinski definition) is 1. The van der Waals surface area contributed by atoms with E-state index in [1.54, 1.807) is 23.1 Å². The summed E-state index contributed by atoms with van der Waals surface area (Å²) >= 11 is 9.14. The molecule has 0 atom stereocenters. The van der Waals surface area contributed by atoms with E-state index in [0.717, 1.165) is 17.2 Å². The number of thiophene rings is 1. The lowest BCUT2D eigenvalue weighted by molar-refractivity contribution is 0.289. The maximum Gasteiger partial charge on any atom is 0.0940 e. The number of aliphatic hydroxyl groups excluding tert-OH is 1. The highest BCUT2D eigenvalue weighted by atomic mass is 35.5. The van der Waals surface area contributed by atoms with Crippen LogP contribution in [0.5, 0.6) is 0 Å². The second-order valence-electron chi connectivity index (χ2n) is 3.00. The van der Waals surface area contributed by atoms with E-state index in [0.29, 0.717) is 0 Å². The summed E-state index contributed by atoms with van der Waals surface area (Å²) in [7, 11) is 0. The van der Waals surface area contributed by atoms with E-state index in [2.05, 4.69) is 0 Å². The van der Waals surface area contributed by atoms with Crippen molar-refractivity contribution in [2.24, 2.45) is 0 Å². The van der Waals surface area contributed by atoms with Crippen LogP contribution in [-0.2, 0) is 0 Å². The van der Waals surface area contributed by atoms with Crippen LogP contribution in [0.15, 0.2) is 16.3 Å². The van der Waals surface area contributed by atoms with E-state index in [1.807, 2.05) is 12.1 Å². The number of aliphatic hydroxyl groups is 1. The minimum Gasteiger partial charge on any atom is -0.395 e. The predicted octanol–water partition coefficient (Wildman–Crippen LogP) is 3.02. The molecule has 1 aliphatic carbocycles. The predicted molar refractivity (Wildman–Crippen MR) is 54.2 cm³/mol. The molecule has 0 radical (unpaired) electrons. The smallest absolute Gasteiger partial charge is 0.0940 e. The fraction of sp³-hybridized carbons (Fsp3) is 0.500. The molecule has 0 bridgehead atoms. The number of rotatable bonds is 3. The van der Waals surface area contributed by atoms with E-state index in [9.17, 15) is 0 Å². The summed E-state index contributed by atoms with van der Waals surface area (Å²) in [6.07, 6.45) is 2.26. The van der Waals surface area contributed by atoms with Crippen molar-refractivity contribution in [2.45, 2.75) is 21.8 Å². The summed E-state index contributed by atoms with van der Waals surface area (Å²) in [4.78, 5) is 0. The first-order chi connectivity index (χ1) is 5.74. The highest BCUT2D eigenvalue weighted by Crippen LogP contribution is 2.52. The minimum absolute atomic E-state index is 0.133. The normalized spacial score (nSPS) is 19.5. The molecular formula is C8H9ClOS2. The standard InChI is InChI=1S/C8H9ClOS2/c9-6-1-2-7(11-6)12-8(5-10)3-4-8/h1-2,10H,3-5H2. The van der Waals surface area contributed by atoms with Crippen LogP contribution in [0.3, 0.4) is 0 Å². The van der Waals surface area contributed by atoms with Gasteiger partial charge in [0.25, 0.3) is 0 Å². The fourth-order valence-electron chi connectivity index (χ4n) is 0.998. The molecule has 1 N–H and O–H groups in total. The Bertz CT molecular complexity index is 280. The lowest BCUT2D eigenvalue weighted by Gasteiger charge is -2.07. The zero-order valence-electron chi connectivity index (χ0n) is 6.42. The number of halogens is 1. The van der Waals surface area contributed by atoms with Gasteiger partial charge in [0.05, 0.1) is 15.2 Å². The van der Waals surface area contributed by atoms with Gasteiger partial charge in [-0.2, -0.15) is 0 Å². The monoisotopic (exact) mass is 220 g/mol. The van der Waals surface area contributed by atoms with Gasteiger partial charge in [-0.25, -0.2) is 0 Å². The van der Waals surface area contributed by atoms with Crippen LogP contribution in [0.2, 0.25) is 4.34 Å². The molecule has 1 fully saturated rings. The van der Waals surface area contributed by atoms with Gasteiger partial charge in [-0.3, -0.25) is 0 Å². The van der Waals surface area contributed by atoms with Crippen LogP contribution in [0, 0.1) is 0 Å². The van der Waals surface area contributed by atoms with Crippen LogP contribution in [0.1, 0.15) is 12.8 Å². The van der Waals surface area contributed by atoms with Gasteiger partial charge in [0.15, 0.2) is 0 Å². The summed E-state index contributed by atoms with van der Waals surface area (Å²) in [5.41, 5.74) is 0. The SMILES string of the molecule is OCC1(Sc2ccc(Cl)s2)CC1. The largest absolute Gasteiger partial charge is 0.395 e. The third-order valence-electron chi connectivity index (χ3n) is 1.96. The zero-order valence-corrected chi connectivity index (χ0v) is 8.81. The number of hydrogen-bond acceptors (Lipinski definition) is 3. The van der Waals surface area contributed by atoms with Gasteiger partial charge in [-0.1, -0.05) is 11.6 Å². The molecule has 1 aromatic rings. The average molecular weight is 221 g/mol. The molecule has 1 aliphatic rings. The molecular weight excluding hydrogens is 212 g/mol. The van der Waals surface area contributed by atoms with Gasteiger partial charge in [0.2, 0.25) is 0 Å². The maximum atomic E-state index is 9.08. The summed E-state index contributed by atoms with van der Waals surface area (Å²) in [5, 5.41) is 9.08. The van der Waals surface area contributed by atoms with Crippen LogP contribution >= 0.6 is 34.7 Å². The Labute approximate surface area is 84.7 Å². The summed E-state index contributed by atoms with van der Waals surface area (Å²) in [6, 6.07) is 3.93. The molecule has 1 heterocycles. The van der Waals surface area contributed by atoms with E-state index < -0.39 is 0 Å². The lowest BCUT2D eigenvalue weighted by Crippen LogP contribution is -2.07. The Morgan fingerprint density at radius 1 is 1.58 bits per heavy atom. The van der Waals surface area contributed by atoms with Crippen molar-refractivity contribution in [3.63, 3.8) is 0 Å². The molecule has 2 rings (SSSR count). The second-order valence-corrected chi connectivity index (χ2v) is 6.49. The summed E-state index contributed by atoms with van der Waals surface area (Å²) in [5.74, 6) is 0. The molecule has 1 nitrogen and oxygen atoms in total. The van der Waals surface area contributed by atoms with Gasteiger partial charge in [0.1, 0.15) is 0 Å². The van der Waals surface area contributed by atoms with Crippen LogP contribution < -0.4 is 0 Å². The minimum atomic E-state index is 0.133. The van der Waals surface area contributed by atoms with Crippen LogP contribution in [0.25, 0.3) is 0 Å².